The molecule has 6 nitrogen and oxygen atoms in total. The van der Waals surface area contributed by atoms with Gasteiger partial charge in [-0.15, -0.1) is 0 Å². The van der Waals surface area contributed by atoms with Gasteiger partial charge in [-0.2, -0.15) is 26.3 Å². The molecule has 0 spiro atoms. The van der Waals surface area contributed by atoms with Crippen molar-refractivity contribution >= 4 is 0 Å². The van der Waals surface area contributed by atoms with E-state index in [0.29, 0.717) is 12.1 Å². The van der Waals surface area contributed by atoms with E-state index in [1.807, 2.05) is 0 Å². The molecule has 2 rings (SSSR count). The number of halogens is 6. The number of rotatable bonds is 11. The van der Waals surface area contributed by atoms with Gasteiger partial charge in [-0.3, -0.25) is 0 Å². The molecule has 0 aliphatic rings. The van der Waals surface area contributed by atoms with Gasteiger partial charge >= 0.3 is 12.4 Å². The monoisotopic (exact) mass is 540 g/mol. The minimum Gasteiger partial charge on any atom is -0.394 e. The molecular weight excluding hydrogens is 510 g/mol. The zero-order valence-electron chi connectivity index (χ0n) is 19.8. The standard InChI is InChI=1S/C25H30F6O6/c1-2-11-22(36,12-15-3-7-17(8-4-15)24(26,27)28)21(35)23(37,20(34)19(33)14-32)13-16-5-9-18(10-6-16)25(29,30)31/h3-10,19-21,32-37H,2,11-14H2,1H3/t19-,20+,21+,22?,23+/m0/s1. The van der Waals surface area contributed by atoms with E-state index >= 15 is 0 Å². The van der Waals surface area contributed by atoms with Crippen molar-refractivity contribution in [3.05, 3.63) is 70.8 Å². The van der Waals surface area contributed by atoms with Crippen molar-refractivity contribution in [3.8, 4) is 0 Å². The molecular formula is C25H30F6O6. The molecule has 0 heterocycles. The number of hydrogen-bond acceptors (Lipinski definition) is 6. The highest BCUT2D eigenvalue weighted by Gasteiger charge is 2.54. The summed E-state index contributed by atoms with van der Waals surface area (Å²) in [6.45, 7) is 0.548. The maximum atomic E-state index is 12.9. The molecule has 0 amide bonds. The van der Waals surface area contributed by atoms with Gasteiger partial charge in [0.2, 0.25) is 0 Å². The van der Waals surface area contributed by atoms with E-state index in [2.05, 4.69) is 0 Å². The summed E-state index contributed by atoms with van der Waals surface area (Å²) in [5.74, 6) is 0. The molecule has 0 aliphatic carbocycles. The summed E-state index contributed by atoms with van der Waals surface area (Å²) < 4.78 is 77.5. The highest BCUT2D eigenvalue weighted by Crippen LogP contribution is 2.37. The lowest BCUT2D eigenvalue weighted by molar-refractivity contribution is -0.230. The van der Waals surface area contributed by atoms with Crippen LogP contribution >= 0.6 is 0 Å². The first kappa shape index (κ1) is 31.0. The summed E-state index contributed by atoms with van der Waals surface area (Å²) in [5, 5.41) is 64.0. The first-order chi connectivity index (χ1) is 17.0. The number of aliphatic hydroxyl groups is 6. The minimum atomic E-state index is -4.65. The van der Waals surface area contributed by atoms with Crippen molar-refractivity contribution in [3.63, 3.8) is 0 Å². The topological polar surface area (TPSA) is 121 Å². The molecule has 2 aromatic rings. The normalized spacial score (nSPS) is 18.5. The summed E-state index contributed by atoms with van der Waals surface area (Å²) in [5.41, 5.74) is -6.86. The first-order valence-corrected chi connectivity index (χ1v) is 11.4. The molecule has 0 aliphatic heterocycles. The molecule has 6 N–H and O–H groups in total. The number of aliphatic hydroxyl groups excluding tert-OH is 4. The smallest absolute Gasteiger partial charge is 0.394 e. The molecule has 0 bridgehead atoms. The lowest BCUT2D eigenvalue weighted by Crippen LogP contribution is -2.66. The van der Waals surface area contributed by atoms with Crippen LogP contribution < -0.4 is 0 Å². The zero-order valence-corrected chi connectivity index (χ0v) is 19.8. The molecule has 0 saturated heterocycles. The highest BCUT2D eigenvalue weighted by molar-refractivity contribution is 5.29. The fourth-order valence-electron chi connectivity index (χ4n) is 4.32. The summed E-state index contributed by atoms with van der Waals surface area (Å²) >= 11 is 0. The van der Waals surface area contributed by atoms with E-state index in [-0.39, 0.29) is 24.0 Å². The Kier molecular flexibility index (Phi) is 9.77. The van der Waals surface area contributed by atoms with E-state index in [9.17, 15) is 57.0 Å². The van der Waals surface area contributed by atoms with Crippen molar-refractivity contribution < 1.29 is 57.0 Å². The van der Waals surface area contributed by atoms with E-state index in [1.54, 1.807) is 6.92 Å². The maximum Gasteiger partial charge on any atom is 0.416 e. The van der Waals surface area contributed by atoms with E-state index in [0.717, 1.165) is 36.4 Å². The van der Waals surface area contributed by atoms with Gasteiger partial charge in [0.25, 0.3) is 0 Å². The first-order valence-electron chi connectivity index (χ1n) is 11.4. The van der Waals surface area contributed by atoms with Gasteiger partial charge in [-0.1, -0.05) is 37.6 Å². The maximum absolute atomic E-state index is 12.9. The van der Waals surface area contributed by atoms with Crippen molar-refractivity contribution in [1.29, 1.82) is 0 Å². The predicted octanol–water partition coefficient (Wildman–Crippen LogP) is 2.85. The Morgan fingerprint density at radius 2 is 1.11 bits per heavy atom. The third-order valence-electron chi connectivity index (χ3n) is 6.29. The van der Waals surface area contributed by atoms with Crippen molar-refractivity contribution in [2.45, 2.75) is 74.5 Å². The van der Waals surface area contributed by atoms with Crippen molar-refractivity contribution in [2.24, 2.45) is 0 Å². The average Bonchev–Trinajstić information content (AvgIpc) is 2.82. The minimum absolute atomic E-state index is 0.00730. The molecule has 5 atom stereocenters. The Morgan fingerprint density at radius 3 is 1.46 bits per heavy atom. The quantitative estimate of drug-likeness (QED) is 0.244. The van der Waals surface area contributed by atoms with Crippen molar-refractivity contribution in [2.75, 3.05) is 6.61 Å². The summed E-state index contributed by atoms with van der Waals surface area (Å²) in [7, 11) is 0. The highest BCUT2D eigenvalue weighted by atomic mass is 19.4. The molecule has 208 valence electrons. The van der Waals surface area contributed by atoms with Crippen LogP contribution in [-0.2, 0) is 25.2 Å². The van der Waals surface area contributed by atoms with Crippen LogP contribution in [0.15, 0.2) is 48.5 Å². The molecule has 0 saturated carbocycles. The molecule has 37 heavy (non-hydrogen) atoms. The summed E-state index contributed by atoms with van der Waals surface area (Å²) in [4.78, 5) is 0. The lowest BCUT2D eigenvalue weighted by atomic mass is 9.71. The number of alkyl halides is 6. The lowest BCUT2D eigenvalue weighted by Gasteiger charge is -2.46. The van der Waals surface area contributed by atoms with Gasteiger partial charge in [0.15, 0.2) is 0 Å². The SMILES string of the molecule is CCCC(O)(Cc1ccc(C(F)(F)F)cc1)[C@@H](O)[C@@](O)(Cc1ccc(C(F)(F)F)cc1)[C@H](O)[C@@H](O)CO. The van der Waals surface area contributed by atoms with Gasteiger partial charge in [0.1, 0.15) is 23.9 Å². The Bertz CT molecular complexity index is 995. The van der Waals surface area contributed by atoms with Crippen LogP contribution in [0.2, 0.25) is 0 Å². The Labute approximate surface area is 209 Å². The van der Waals surface area contributed by atoms with Crippen LogP contribution in [0, 0.1) is 0 Å². The fraction of sp³-hybridized carbons (Fsp3) is 0.520. The van der Waals surface area contributed by atoms with E-state index in [4.69, 9.17) is 0 Å². The second kappa shape index (κ2) is 11.7. The summed E-state index contributed by atoms with van der Waals surface area (Å²) in [6.07, 6.45) is -17.0. The van der Waals surface area contributed by atoms with Gasteiger partial charge in [0, 0.05) is 12.8 Å². The van der Waals surface area contributed by atoms with Gasteiger partial charge in [-0.25, -0.2) is 0 Å². The van der Waals surface area contributed by atoms with Crippen LogP contribution in [0.5, 0.6) is 0 Å². The third-order valence-corrected chi connectivity index (χ3v) is 6.29. The molecule has 1 unspecified atom stereocenters. The van der Waals surface area contributed by atoms with Crippen LogP contribution in [0.4, 0.5) is 26.3 Å². The number of benzene rings is 2. The third kappa shape index (κ3) is 7.43. The second-order valence-electron chi connectivity index (χ2n) is 9.19. The van der Waals surface area contributed by atoms with Gasteiger partial charge < -0.3 is 30.6 Å². The van der Waals surface area contributed by atoms with Gasteiger partial charge in [0.05, 0.1) is 23.3 Å². The van der Waals surface area contributed by atoms with Crippen molar-refractivity contribution in [1.82, 2.24) is 0 Å². The fourth-order valence-corrected chi connectivity index (χ4v) is 4.32. The Balaban J connectivity index is 2.47. The Hall–Kier alpha value is -2.22. The van der Waals surface area contributed by atoms with Crippen LogP contribution in [-0.4, -0.2) is 66.8 Å². The number of hydrogen-bond donors (Lipinski definition) is 6. The molecule has 0 aromatic heterocycles. The summed E-state index contributed by atoms with van der Waals surface area (Å²) in [6, 6.07) is 7.06. The van der Waals surface area contributed by atoms with E-state index in [1.165, 1.54) is 0 Å². The predicted molar refractivity (Wildman–Crippen MR) is 120 cm³/mol. The van der Waals surface area contributed by atoms with Crippen LogP contribution in [0.1, 0.15) is 42.0 Å². The second-order valence-corrected chi connectivity index (χ2v) is 9.19. The van der Waals surface area contributed by atoms with Crippen LogP contribution in [0.25, 0.3) is 0 Å². The van der Waals surface area contributed by atoms with Crippen LogP contribution in [0.3, 0.4) is 0 Å². The average molecular weight is 540 g/mol. The zero-order chi connectivity index (χ0) is 28.2. The molecule has 2 aromatic carbocycles. The van der Waals surface area contributed by atoms with E-state index < -0.39 is 72.4 Å². The molecule has 0 fully saturated rings. The van der Waals surface area contributed by atoms with Gasteiger partial charge in [-0.05, 0) is 41.8 Å². The largest absolute Gasteiger partial charge is 0.416 e. The molecule has 0 radical (unpaired) electrons. The molecule has 12 heteroatoms. The Morgan fingerprint density at radius 1 is 0.703 bits per heavy atom.